The molecule has 3 heterocycles. The Morgan fingerprint density at radius 3 is 2.76 bits per heavy atom. The number of ether oxygens (including phenoxy) is 1. The van der Waals surface area contributed by atoms with Crippen LogP contribution in [0.15, 0.2) is 48.9 Å². The average Bonchev–Trinajstić information content (AvgIpc) is 3.26. The van der Waals surface area contributed by atoms with Gasteiger partial charge in [0.2, 0.25) is 0 Å². The molecule has 1 aromatic carbocycles. The molecule has 1 fully saturated rings. The highest BCUT2D eigenvalue weighted by Crippen LogP contribution is 2.31. The first kappa shape index (κ1) is 24.2. The number of likely N-dealkylation sites (tertiary alicyclic amines) is 1. The van der Waals surface area contributed by atoms with Gasteiger partial charge in [-0.1, -0.05) is 18.2 Å². The molecule has 0 aliphatic carbocycles. The van der Waals surface area contributed by atoms with Gasteiger partial charge in [-0.2, -0.15) is 0 Å². The van der Waals surface area contributed by atoms with Gasteiger partial charge in [0, 0.05) is 55.2 Å². The molecular weight excluding hydrogens is 428 g/mol. The highest BCUT2D eigenvalue weighted by atomic mass is 16.5. The fourth-order valence-corrected chi connectivity index (χ4v) is 4.64. The Labute approximate surface area is 201 Å². The van der Waals surface area contributed by atoms with Crippen molar-refractivity contribution in [1.29, 1.82) is 0 Å². The molecule has 7 heteroatoms. The number of benzene rings is 1. The van der Waals surface area contributed by atoms with Crippen molar-refractivity contribution in [3.8, 4) is 5.75 Å². The maximum absolute atomic E-state index is 13.1. The zero-order valence-corrected chi connectivity index (χ0v) is 20.4. The van der Waals surface area contributed by atoms with Gasteiger partial charge in [0.25, 0.3) is 5.91 Å². The summed E-state index contributed by atoms with van der Waals surface area (Å²) in [7, 11) is 0. The highest BCUT2D eigenvalue weighted by molar-refractivity contribution is 5.90. The van der Waals surface area contributed by atoms with Gasteiger partial charge in [0.15, 0.2) is 5.60 Å². The summed E-state index contributed by atoms with van der Waals surface area (Å²) in [5, 5.41) is 14.9. The van der Waals surface area contributed by atoms with Gasteiger partial charge < -0.3 is 25.0 Å². The van der Waals surface area contributed by atoms with Crippen LogP contribution >= 0.6 is 0 Å². The first-order valence-corrected chi connectivity index (χ1v) is 12.2. The van der Waals surface area contributed by atoms with Crippen molar-refractivity contribution >= 4 is 16.8 Å². The molecule has 1 aliphatic heterocycles. The summed E-state index contributed by atoms with van der Waals surface area (Å²) >= 11 is 0. The zero-order valence-electron chi connectivity index (χ0n) is 20.4. The lowest BCUT2D eigenvalue weighted by Gasteiger charge is -2.34. The maximum atomic E-state index is 13.1. The fraction of sp³-hybridized carbons (Fsp3) is 0.481. The molecule has 7 nitrogen and oxygen atoms in total. The quantitative estimate of drug-likeness (QED) is 0.446. The normalized spacial score (nSPS) is 16.4. The molecule has 1 aliphatic rings. The number of aliphatic hydroxyl groups excluding tert-OH is 1. The number of aromatic nitrogens is 2. The van der Waals surface area contributed by atoms with Crippen LogP contribution in [0.5, 0.6) is 5.75 Å². The van der Waals surface area contributed by atoms with Crippen LogP contribution in [0.4, 0.5) is 0 Å². The molecule has 4 rings (SSSR count). The van der Waals surface area contributed by atoms with Crippen molar-refractivity contribution in [2.75, 3.05) is 19.6 Å². The van der Waals surface area contributed by atoms with E-state index in [0.29, 0.717) is 12.3 Å². The minimum absolute atomic E-state index is 0.0426. The van der Waals surface area contributed by atoms with Crippen LogP contribution in [-0.4, -0.2) is 57.2 Å². The highest BCUT2D eigenvalue weighted by Gasteiger charge is 2.35. The van der Waals surface area contributed by atoms with Crippen molar-refractivity contribution < 1.29 is 14.6 Å². The van der Waals surface area contributed by atoms with E-state index < -0.39 is 11.7 Å². The third-order valence-electron chi connectivity index (χ3n) is 6.54. The fourth-order valence-electron chi connectivity index (χ4n) is 4.64. The molecule has 0 spiro atoms. The number of pyridine rings is 1. The molecular formula is C27H36N4O3. The van der Waals surface area contributed by atoms with Crippen molar-refractivity contribution in [2.45, 2.75) is 64.2 Å². The Hall–Kier alpha value is -2.90. The number of hydrogen-bond donors (Lipinski definition) is 3. The zero-order chi connectivity index (χ0) is 24.1. The molecule has 0 saturated carbocycles. The Balaban J connectivity index is 1.41. The van der Waals surface area contributed by atoms with E-state index in [1.807, 2.05) is 49.2 Å². The summed E-state index contributed by atoms with van der Waals surface area (Å²) in [5.74, 6) is 0.729. The van der Waals surface area contributed by atoms with Crippen LogP contribution in [0.1, 0.15) is 57.3 Å². The number of nitrogens with zero attached hydrogens (tertiary/aromatic N) is 2. The largest absolute Gasteiger partial charge is 0.476 e. The molecule has 0 unspecified atom stereocenters. The number of fused-ring (bicyclic) bond motifs is 1. The molecule has 3 aromatic rings. The number of aliphatic hydroxyl groups is 1. The Morgan fingerprint density at radius 2 is 2.03 bits per heavy atom. The summed E-state index contributed by atoms with van der Waals surface area (Å²) in [5.41, 5.74) is 1.93. The number of piperidine rings is 1. The first-order valence-electron chi connectivity index (χ1n) is 12.2. The number of rotatable bonds is 9. The number of carbonyl (C=O) groups excluding carboxylic acids is 1. The Morgan fingerprint density at radius 1 is 1.24 bits per heavy atom. The second-order valence-corrected chi connectivity index (χ2v) is 9.77. The minimum Gasteiger partial charge on any atom is -0.476 e. The predicted molar refractivity (Wildman–Crippen MR) is 134 cm³/mol. The minimum atomic E-state index is -0.936. The van der Waals surface area contributed by atoms with E-state index in [-0.39, 0.29) is 11.9 Å². The third kappa shape index (κ3) is 5.59. The Bertz CT molecular complexity index is 1090. The summed E-state index contributed by atoms with van der Waals surface area (Å²) < 4.78 is 6.30. The molecule has 1 saturated heterocycles. The standard InChI is InChI=1S/C27H36N4O3/c1-19(29-18-23(32)20-9-8-12-28-16-20)15-21-17-30-25-22(21)10-7-11-24(25)34-27(2,3)26(33)31-13-5-4-6-14-31/h7-12,16-17,19,23,29-30,32H,4-6,13-15,18H2,1-3H3/t19-,23+/m1/s1. The van der Waals surface area contributed by atoms with Gasteiger partial charge in [-0.15, -0.1) is 0 Å². The van der Waals surface area contributed by atoms with Gasteiger partial charge in [-0.25, -0.2) is 0 Å². The van der Waals surface area contributed by atoms with E-state index in [9.17, 15) is 9.90 Å². The lowest BCUT2D eigenvalue weighted by atomic mass is 10.0. The molecule has 0 radical (unpaired) electrons. The van der Waals surface area contributed by atoms with Gasteiger partial charge in [-0.3, -0.25) is 9.78 Å². The van der Waals surface area contributed by atoms with Gasteiger partial charge >= 0.3 is 0 Å². The second-order valence-electron chi connectivity index (χ2n) is 9.77. The number of aromatic amines is 1. The lowest BCUT2D eigenvalue weighted by molar-refractivity contribution is -0.146. The molecule has 0 bridgehead atoms. The monoisotopic (exact) mass is 464 g/mol. The molecule has 1 amide bonds. The van der Waals surface area contributed by atoms with E-state index in [0.717, 1.165) is 54.4 Å². The molecule has 182 valence electrons. The number of H-pyrrole nitrogens is 1. The van der Waals surface area contributed by atoms with E-state index in [2.05, 4.69) is 28.3 Å². The number of para-hydroxylation sites is 1. The van der Waals surface area contributed by atoms with Crippen LogP contribution in [-0.2, 0) is 11.2 Å². The number of nitrogens with one attached hydrogen (secondary N) is 2. The molecule has 34 heavy (non-hydrogen) atoms. The maximum Gasteiger partial charge on any atom is 0.266 e. The smallest absolute Gasteiger partial charge is 0.266 e. The van der Waals surface area contributed by atoms with Crippen LogP contribution in [0, 0.1) is 0 Å². The summed E-state index contributed by atoms with van der Waals surface area (Å²) in [4.78, 5) is 22.5. The third-order valence-corrected chi connectivity index (χ3v) is 6.54. The summed E-state index contributed by atoms with van der Waals surface area (Å²) in [6, 6.07) is 9.83. The van der Waals surface area contributed by atoms with Crippen molar-refractivity contribution in [2.24, 2.45) is 0 Å². The molecule has 3 N–H and O–H groups in total. The first-order chi connectivity index (χ1) is 16.3. The lowest BCUT2D eigenvalue weighted by Crippen LogP contribution is -2.50. The van der Waals surface area contributed by atoms with Gasteiger partial charge in [-0.05, 0) is 64.2 Å². The van der Waals surface area contributed by atoms with E-state index in [1.54, 1.807) is 12.4 Å². The van der Waals surface area contributed by atoms with Crippen LogP contribution in [0.25, 0.3) is 10.9 Å². The summed E-state index contributed by atoms with van der Waals surface area (Å²) in [6.45, 7) is 7.88. The summed E-state index contributed by atoms with van der Waals surface area (Å²) in [6.07, 6.45) is 8.89. The number of hydrogen-bond acceptors (Lipinski definition) is 5. The van der Waals surface area contributed by atoms with Crippen LogP contribution in [0.3, 0.4) is 0 Å². The van der Waals surface area contributed by atoms with Crippen molar-refractivity contribution in [3.05, 3.63) is 60.0 Å². The molecule has 2 aromatic heterocycles. The van der Waals surface area contributed by atoms with Gasteiger partial charge in [0.05, 0.1) is 11.6 Å². The SMILES string of the molecule is C[C@H](Cc1c[nH]c2c(OC(C)(C)C(=O)N3CCCCC3)cccc12)NC[C@H](O)c1cccnc1. The van der Waals surface area contributed by atoms with Crippen molar-refractivity contribution in [1.82, 2.24) is 20.2 Å². The molecule has 2 atom stereocenters. The predicted octanol–water partition coefficient (Wildman–Crippen LogP) is 3.99. The van der Waals surface area contributed by atoms with Crippen molar-refractivity contribution in [3.63, 3.8) is 0 Å². The topological polar surface area (TPSA) is 90.5 Å². The van der Waals surface area contributed by atoms with E-state index in [1.165, 1.54) is 6.42 Å². The van der Waals surface area contributed by atoms with Gasteiger partial charge in [0.1, 0.15) is 5.75 Å². The van der Waals surface area contributed by atoms with E-state index >= 15 is 0 Å². The second kappa shape index (κ2) is 10.6. The van der Waals surface area contributed by atoms with Crippen LogP contribution < -0.4 is 10.1 Å². The Kier molecular flexibility index (Phi) is 7.54. The average molecular weight is 465 g/mol. The number of carbonyl (C=O) groups is 1. The number of amides is 1. The van der Waals surface area contributed by atoms with E-state index in [4.69, 9.17) is 4.74 Å². The van der Waals surface area contributed by atoms with Crippen LogP contribution in [0.2, 0.25) is 0 Å².